The van der Waals surface area contributed by atoms with Crippen molar-refractivity contribution < 1.29 is 28.6 Å². The quantitative estimate of drug-likeness (QED) is 0.599. The van der Waals surface area contributed by atoms with Crippen molar-refractivity contribution in [1.82, 2.24) is 10.2 Å². The fourth-order valence-electron chi connectivity index (χ4n) is 3.67. The highest BCUT2D eigenvalue weighted by molar-refractivity contribution is 6.22. The van der Waals surface area contributed by atoms with E-state index < -0.39 is 0 Å². The number of carbonyl (C=O) groups is 3. The number of amides is 3. The summed E-state index contributed by atoms with van der Waals surface area (Å²) in [6.45, 7) is 4.20. The van der Waals surface area contributed by atoms with Gasteiger partial charge in [-0.25, -0.2) is 0 Å². The van der Waals surface area contributed by atoms with E-state index in [-0.39, 0.29) is 29.3 Å². The Labute approximate surface area is 187 Å². The molecule has 1 unspecified atom stereocenters. The van der Waals surface area contributed by atoms with Crippen LogP contribution in [0.15, 0.2) is 30.3 Å². The van der Waals surface area contributed by atoms with Crippen molar-refractivity contribution in [2.24, 2.45) is 0 Å². The van der Waals surface area contributed by atoms with Gasteiger partial charge in [0.05, 0.1) is 38.5 Å². The van der Waals surface area contributed by atoms with Gasteiger partial charge in [0.25, 0.3) is 17.7 Å². The average molecular weight is 440 g/mol. The van der Waals surface area contributed by atoms with Crippen molar-refractivity contribution in [3.8, 4) is 17.2 Å². The summed E-state index contributed by atoms with van der Waals surface area (Å²) in [5.41, 5.74) is 1.66. The van der Waals surface area contributed by atoms with E-state index in [1.807, 2.05) is 13.8 Å². The number of carbonyl (C=O) groups excluding carboxylic acids is 3. The molecule has 1 aliphatic heterocycles. The lowest BCUT2D eigenvalue weighted by Crippen LogP contribution is -2.30. The van der Waals surface area contributed by atoms with Crippen LogP contribution < -0.4 is 19.5 Å². The van der Waals surface area contributed by atoms with E-state index in [4.69, 9.17) is 14.2 Å². The van der Waals surface area contributed by atoms with Gasteiger partial charge in [-0.3, -0.25) is 19.3 Å². The van der Waals surface area contributed by atoms with Crippen LogP contribution in [0, 0.1) is 0 Å². The maximum absolute atomic E-state index is 12.9. The maximum Gasteiger partial charge on any atom is 0.261 e. The van der Waals surface area contributed by atoms with E-state index >= 15 is 0 Å². The Morgan fingerprint density at radius 1 is 0.969 bits per heavy atom. The van der Waals surface area contributed by atoms with Crippen LogP contribution in [0.2, 0.25) is 0 Å². The Hall–Kier alpha value is -3.55. The van der Waals surface area contributed by atoms with Crippen LogP contribution in [0.3, 0.4) is 0 Å². The number of rotatable bonds is 9. The predicted molar refractivity (Wildman–Crippen MR) is 119 cm³/mol. The Bertz CT molecular complexity index is 1020. The van der Waals surface area contributed by atoms with Gasteiger partial charge >= 0.3 is 0 Å². The Morgan fingerprint density at radius 3 is 2.16 bits per heavy atom. The number of hydrogen-bond acceptors (Lipinski definition) is 6. The second-order valence-corrected chi connectivity index (χ2v) is 7.53. The van der Waals surface area contributed by atoms with E-state index in [9.17, 15) is 14.4 Å². The van der Waals surface area contributed by atoms with Crippen molar-refractivity contribution in [3.05, 3.63) is 52.6 Å². The number of fused-ring (bicyclic) bond motifs is 1. The van der Waals surface area contributed by atoms with Gasteiger partial charge in [-0.1, -0.05) is 13.3 Å². The van der Waals surface area contributed by atoms with Crippen LogP contribution in [0.1, 0.15) is 69.4 Å². The van der Waals surface area contributed by atoms with Gasteiger partial charge in [-0.2, -0.15) is 0 Å². The molecule has 0 bridgehead atoms. The first-order valence-electron chi connectivity index (χ1n) is 10.5. The van der Waals surface area contributed by atoms with E-state index in [0.717, 1.165) is 18.4 Å². The van der Waals surface area contributed by atoms with Gasteiger partial charge in [-0.15, -0.1) is 0 Å². The normalized spacial score (nSPS) is 13.6. The highest BCUT2D eigenvalue weighted by atomic mass is 16.5. The zero-order valence-electron chi connectivity index (χ0n) is 19.0. The largest absolute Gasteiger partial charge is 0.493 e. The molecule has 0 fully saturated rings. The Kier molecular flexibility index (Phi) is 7.02. The van der Waals surface area contributed by atoms with Gasteiger partial charge in [0.15, 0.2) is 11.5 Å². The maximum atomic E-state index is 12.9. The van der Waals surface area contributed by atoms with Crippen molar-refractivity contribution in [1.29, 1.82) is 0 Å². The van der Waals surface area contributed by atoms with Crippen LogP contribution >= 0.6 is 0 Å². The topological polar surface area (TPSA) is 94.2 Å². The minimum Gasteiger partial charge on any atom is -0.493 e. The molecule has 3 rings (SSSR count). The number of nitrogens with one attached hydrogen (secondary N) is 1. The lowest BCUT2D eigenvalue weighted by molar-refractivity contribution is 0.0652. The lowest BCUT2D eigenvalue weighted by atomic mass is 10.0. The highest BCUT2D eigenvalue weighted by Crippen LogP contribution is 2.39. The SMILES string of the molecule is CCCCN1C(=O)c2ccc(C(=O)NC(C)c3cc(OC)c(OC)c(OC)c3)cc2C1=O. The molecule has 2 aromatic rings. The molecule has 0 aliphatic carbocycles. The minimum absolute atomic E-state index is 0.263. The van der Waals surface area contributed by atoms with Crippen LogP contribution in [0.4, 0.5) is 0 Å². The van der Waals surface area contributed by atoms with Crippen molar-refractivity contribution >= 4 is 17.7 Å². The number of hydrogen-bond donors (Lipinski definition) is 1. The average Bonchev–Trinajstić information content (AvgIpc) is 3.05. The van der Waals surface area contributed by atoms with Gasteiger partial charge in [0.1, 0.15) is 0 Å². The minimum atomic E-state index is -0.386. The lowest BCUT2D eigenvalue weighted by Gasteiger charge is -2.19. The van der Waals surface area contributed by atoms with E-state index in [2.05, 4.69) is 5.32 Å². The van der Waals surface area contributed by atoms with Gasteiger partial charge in [0.2, 0.25) is 5.75 Å². The first kappa shape index (κ1) is 23.1. The number of benzene rings is 2. The fourth-order valence-corrected chi connectivity index (χ4v) is 3.67. The van der Waals surface area contributed by atoms with Crippen LogP contribution in [-0.4, -0.2) is 50.5 Å². The highest BCUT2D eigenvalue weighted by Gasteiger charge is 2.35. The van der Waals surface area contributed by atoms with Gasteiger partial charge < -0.3 is 19.5 Å². The number of ether oxygens (including phenoxy) is 3. The molecular formula is C24H28N2O6. The molecule has 2 aromatic carbocycles. The monoisotopic (exact) mass is 440 g/mol. The number of nitrogens with zero attached hydrogens (tertiary/aromatic N) is 1. The number of unbranched alkanes of at least 4 members (excludes halogenated alkanes) is 1. The van der Waals surface area contributed by atoms with Crippen molar-refractivity contribution in [2.75, 3.05) is 27.9 Å². The molecule has 0 aromatic heterocycles. The summed E-state index contributed by atoms with van der Waals surface area (Å²) in [5.74, 6) is 0.406. The molecule has 0 saturated carbocycles. The molecule has 3 amide bonds. The van der Waals surface area contributed by atoms with E-state index in [0.29, 0.717) is 34.9 Å². The summed E-state index contributed by atoms with van der Waals surface area (Å²) in [5, 5.41) is 2.91. The summed E-state index contributed by atoms with van der Waals surface area (Å²) < 4.78 is 16.1. The van der Waals surface area contributed by atoms with E-state index in [1.165, 1.54) is 32.3 Å². The molecule has 0 spiro atoms. The predicted octanol–water partition coefficient (Wildman–Crippen LogP) is 3.60. The van der Waals surface area contributed by atoms with Crippen molar-refractivity contribution in [3.63, 3.8) is 0 Å². The summed E-state index contributed by atoms with van der Waals surface area (Å²) >= 11 is 0. The number of methoxy groups -OCH3 is 3. The molecule has 1 N–H and O–H groups in total. The first-order valence-corrected chi connectivity index (χ1v) is 10.5. The van der Waals surface area contributed by atoms with Gasteiger partial charge in [0, 0.05) is 12.1 Å². The Balaban J connectivity index is 1.81. The zero-order chi connectivity index (χ0) is 23.4. The third kappa shape index (κ3) is 4.26. The smallest absolute Gasteiger partial charge is 0.261 e. The molecule has 1 heterocycles. The van der Waals surface area contributed by atoms with Crippen LogP contribution in [-0.2, 0) is 0 Å². The molecule has 1 aliphatic rings. The molecule has 0 radical (unpaired) electrons. The molecule has 32 heavy (non-hydrogen) atoms. The summed E-state index contributed by atoms with van der Waals surface area (Å²) in [6.07, 6.45) is 1.62. The molecule has 8 nitrogen and oxygen atoms in total. The molecular weight excluding hydrogens is 412 g/mol. The van der Waals surface area contributed by atoms with Crippen molar-refractivity contribution in [2.45, 2.75) is 32.7 Å². The molecule has 170 valence electrons. The van der Waals surface area contributed by atoms with Crippen LogP contribution in [0.25, 0.3) is 0 Å². The standard InChI is InChI=1S/C24H28N2O6/c1-6-7-10-26-23(28)17-9-8-15(11-18(17)24(26)29)22(27)25-14(2)16-12-19(30-3)21(32-5)20(13-16)31-4/h8-9,11-14H,6-7,10H2,1-5H3,(H,25,27). The summed E-state index contributed by atoms with van der Waals surface area (Å²) in [7, 11) is 4.57. The summed E-state index contributed by atoms with van der Waals surface area (Å²) in [4.78, 5) is 39.3. The van der Waals surface area contributed by atoms with E-state index in [1.54, 1.807) is 24.3 Å². The second kappa shape index (κ2) is 9.72. The molecule has 8 heteroatoms. The third-order valence-electron chi connectivity index (χ3n) is 5.50. The molecule has 0 saturated heterocycles. The third-order valence-corrected chi connectivity index (χ3v) is 5.50. The summed E-state index contributed by atoms with van der Waals surface area (Å²) in [6, 6.07) is 7.73. The second-order valence-electron chi connectivity index (χ2n) is 7.53. The molecule has 1 atom stereocenters. The Morgan fingerprint density at radius 2 is 1.59 bits per heavy atom. The fraction of sp³-hybridized carbons (Fsp3) is 0.375. The number of imide groups is 1. The van der Waals surface area contributed by atoms with Crippen LogP contribution in [0.5, 0.6) is 17.2 Å². The first-order chi connectivity index (χ1) is 15.4. The van der Waals surface area contributed by atoms with Gasteiger partial charge in [-0.05, 0) is 49.2 Å². The zero-order valence-corrected chi connectivity index (χ0v) is 19.0.